The molecular formula is C15H13FN6O3. The Morgan fingerprint density at radius 1 is 1.32 bits per heavy atom. The van der Waals surface area contributed by atoms with Gasteiger partial charge < -0.3 is 5.32 Å². The van der Waals surface area contributed by atoms with Crippen molar-refractivity contribution in [2.24, 2.45) is 0 Å². The fourth-order valence-corrected chi connectivity index (χ4v) is 2.36. The van der Waals surface area contributed by atoms with E-state index in [0.29, 0.717) is 5.78 Å². The van der Waals surface area contributed by atoms with Gasteiger partial charge in [0.05, 0.1) is 11.3 Å². The molecule has 0 aliphatic carbocycles. The van der Waals surface area contributed by atoms with E-state index in [4.69, 9.17) is 0 Å². The van der Waals surface area contributed by atoms with E-state index < -0.39 is 22.3 Å². The van der Waals surface area contributed by atoms with Crippen LogP contribution in [0.4, 0.5) is 15.8 Å². The fourth-order valence-electron chi connectivity index (χ4n) is 2.36. The topological polar surface area (TPSA) is 115 Å². The molecule has 25 heavy (non-hydrogen) atoms. The van der Waals surface area contributed by atoms with Crippen LogP contribution in [0.2, 0.25) is 0 Å². The van der Waals surface area contributed by atoms with Gasteiger partial charge in [-0.3, -0.25) is 14.9 Å². The number of fused-ring (bicyclic) bond motifs is 1. The lowest BCUT2D eigenvalue weighted by molar-refractivity contribution is -0.387. The van der Waals surface area contributed by atoms with Gasteiger partial charge in [-0.1, -0.05) is 0 Å². The van der Waals surface area contributed by atoms with Crippen molar-refractivity contribution in [3.8, 4) is 0 Å². The molecule has 0 unspecified atom stereocenters. The van der Waals surface area contributed by atoms with Gasteiger partial charge in [0.1, 0.15) is 0 Å². The van der Waals surface area contributed by atoms with Crippen LogP contribution in [0.25, 0.3) is 5.78 Å². The highest BCUT2D eigenvalue weighted by Crippen LogP contribution is 2.21. The van der Waals surface area contributed by atoms with E-state index in [-0.39, 0.29) is 17.9 Å². The summed E-state index contributed by atoms with van der Waals surface area (Å²) in [5, 5.41) is 17.4. The summed E-state index contributed by atoms with van der Waals surface area (Å²) in [5.74, 6) is -0.804. The number of hydrogen-bond donors (Lipinski definition) is 1. The maximum atomic E-state index is 13.3. The van der Waals surface area contributed by atoms with Crippen molar-refractivity contribution in [1.82, 2.24) is 19.6 Å². The van der Waals surface area contributed by atoms with Crippen molar-refractivity contribution in [3.05, 3.63) is 57.4 Å². The van der Waals surface area contributed by atoms with Gasteiger partial charge in [0, 0.05) is 23.1 Å². The second-order valence-corrected chi connectivity index (χ2v) is 5.43. The van der Waals surface area contributed by atoms with E-state index >= 15 is 0 Å². The molecule has 10 heteroatoms. The summed E-state index contributed by atoms with van der Waals surface area (Å²) in [6.07, 6.45) is -0.146. The number of aryl methyl sites for hydroxylation is 2. The Kier molecular flexibility index (Phi) is 4.09. The first-order valence-electron chi connectivity index (χ1n) is 7.27. The van der Waals surface area contributed by atoms with Gasteiger partial charge in [-0.25, -0.2) is 9.50 Å². The van der Waals surface area contributed by atoms with Gasteiger partial charge in [0.25, 0.3) is 5.78 Å². The van der Waals surface area contributed by atoms with E-state index in [1.54, 1.807) is 0 Å². The predicted octanol–water partition coefficient (Wildman–Crippen LogP) is 1.97. The molecule has 3 rings (SSSR count). The number of nitro benzene ring substituents is 1. The zero-order chi connectivity index (χ0) is 18.1. The number of carbonyl (C=O) groups is 1. The predicted molar refractivity (Wildman–Crippen MR) is 85.6 cm³/mol. The summed E-state index contributed by atoms with van der Waals surface area (Å²) < 4.78 is 14.8. The highest BCUT2D eigenvalue weighted by molar-refractivity contribution is 5.92. The molecule has 1 aromatic carbocycles. The van der Waals surface area contributed by atoms with E-state index in [1.165, 1.54) is 10.6 Å². The number of rotatable bonds is 4. The normalized spacial score (nSPS) is 10.8. The molecule has 0 atom stereocenters. The Labute approximate surface area is 140 Å². The largest absolute Gasteiger partial charge is 0.325 e. The lowest BCUT2D eigenvalue weighted by Crippen LogP contribution is -2.15. The van der Waals surface area contributed by atoms with E-state index in [9.17, 15) is 19.3 Å². The van der Waals surface area contributed by atoms with Crippen molar-refractivity contribution < 1.29 is 14.1 Å². The third kappa shape index (κ3) is 3.42. The third-order valence-corrected chi connectivity index (χ3v) is 3.41. The van der Waals surface area contributed by atoms with Gasteiger partial charge in [0.2, 0.25) is 11.7 Å². The average Bonchev–Trinajstić information content (AvgIpc) is 2.91. The number of nitro groups is 1. The molecule has 0 aliphatic heterocycles. The van der Waals surface area contributed by atoms with Crippen LogP contribution < -0.4 is 5.32 Å². The van der Waals surface area contributed by atoms with Crippen LogP contribution in [0.3, 0.4) is 0 Å². The molecule has 2 heterocycles. The molecule has 0 radical (unpaired) electrons. The lowest BCUT2D eigenvalue weighted by Gasteiger charge is -2.03. The molecule has 1 N–H and O–H groups in total. The average molecular weight is 344 g/mol. The quantitative estimate of drug-likeness (QED) is 0.571. The molecule has 0 spiro atoms. The molecule has 128 valence electrons. The maximum absolute atomic E-state index is 13.3. The smallest absolute Gasteiger partial charge is 0.306 e. The van der Waals surface area contributed by atoms with Gasteiger partial charge in [-0.05, 0) is 32.0 Å². The number of halogens is 1. The molecule has 1 amide bonds. The van der Waals surface area contributed by atoms with Crippen LogP contribution in [0, 0.1) is 29.8 Å². The van der Waals surface area contributed by atoms with Crippen LogP contribution in [0.1, 0.15) is 17.2 Å². The summed E-state index contributed by atoms with van der Waals surface area (Å²) in [7, 11) is 0. The first-order valence-corrected chi connectivity index (χ1v) is 7.27. The molecule has 9 nitrogen and oxygen atoms in total. The van der Waals surface area contributed by atoms with Crippen LogP contribution in [0.15, 0.2) is 24.3 Å². The zero-order valence-corrected chi connectivity index (χ0v) is 13.4. The van der Waals surface area contributed by atoms with Crippen molar-refractivity contribution in [2.75, 3.05) is 5.32 Å². The Morgan fingerprint density at radius 3 is 2.80 bits per heavy atom. The van der Waals surface area contributed by atoms with Crippen LogP contribution in [-0.4, -0.2) is 30.4 Å². The second-order valence-electron chi connectivity index (χ2n) is 5.43. The minimum atomic E-state index is -0.970. The number of amides is 1. The van der Waals surface area contributed by atoms with Crippen LogP contribution >= 0.6 is 0 Å². The van der Waals surface area contributed by atoms with Gasteiger partial charge >= 0.3 is 5.69 Å². The minimum absolute atomic E-state index is 0.118. The minimum Gasteiger partial charge on any atom is -0.325 e. The molecule has 0 bridgehead atoms. The number of nitrogens with zero attached hydrogens (tertiary/aromatic N) is 5. The SMILES string of the molecule is Cc1cc(C)n2nc(CC(=O)Nc3ccc(F)c([N+](=O)[O-])c3)nc2n1. The van der Waals surface area contributed by atoms with Crippen molar-refractivity contribution in [3.63, 3.8) is 0 Å². The summed E-state index contributed by atoms with van der Waals surface area (Å²) in [6.45, 7) is 3.67. The molecule has 0 saturated carbocycles. The molecule has 2 aromatic heterocycles. The maximum Gasteiger partial charge on any atom is 0.306 e. The van der Waals surface area contributed by atoms with Crippen LogP contribution in [-0.2, 0) is 11.2 Å². The highest BCUT2D eigenvalue weighted by Gasteiger charge is 2.16. The molecular weight excluding hydrogens is 331 g/mol. The van der Waals surface area contributed by atoms with Gasteiger partial charge in [0.15, 0.2) is 5.82 Å². The zero-order valence-electron chi connectivity index (χ0n) is 13.4. The summed E-state index contributed by atoms with van der Waals surface area (Å²) in [4.78, 5) is 30.4. The molecule has 0 fully saturated rings. The summed E-state index contributed by atoms with van der Waals surface area (Å²) >= 11 is 0. The second kappa shape index (κ2) is 6.23. The van der Waals surface area contributed by atoms with E-state index in [2.05, 4.69) is 20.4 Å². The summed E-state index contributed by atoms with van der Waals surface area (Å²) in [6, 6.07) is 4.96. The fraction of sp³-hybridized carbons (Fsp3) is 0.200. The first-order chi connectivity index (χ1) is 11.8. The van der Waals surface area contributed by atoms with Crippen molar-refractivity contribution in [2.45, 2.75) is 20.3 Å². The highest BCUT2D eigenvalue weighted by atomic mass is 19.1. The Balaban J connectivity index is 1.78. The van der Waals surface area contributed by atoms with E-state index in [1.807, 2.05) is 19.9 Å². The first kappa shape index (κ1) is 16.4. The Hall–Kier alpha value is -3.43. The monoisotopic (exact) mass is 344 g/mol. The third-order valence-electron chi connectivity index (χ3n) is 3.41. The van der Waals surface area contributed by atoms with Crippen molar-refractivity contribution in [1.29, 1.82) is 0 Å². The number of benzene rings is 1. The van der Waals surface area contributed by atoms with Crippen LogP contribution in [0.5, 0.6) is 0 Å². The Bertz CT molecular complexity index is 1000. The summed E-state index contributed by atoms with van der Waals surface area (Å²) in [5.41, 5.74) is 1.02. The van der Waals surface area contributed by atoms with Crippen molar-refractivity contribution >= 4 is 23.1 Å². The number of nitrogens with one attached hydrogen (secondary N) is 1. The number of carbonyl (C=O) groups excluding carboxylic acids is 1. The van der Waals surface area contributed by atoms with Gasteiger partial charge in [-0.15, -0.1) is 5.10 Å². The standard InChI is InChI=1S/C15H13FN6O3/c1-8-5-9(2)21-15(17-8)19-13(20-21)7-14(23)18-10-3-4-11(16)12(6-10)22(24)25/h3-6H,7H2,1-2H3,(H,18,23). The number of anilines is 1. The molecule has 3 aromatic rings. The van der Waals surface area contributed by atoms with Gasteiger partial charge in [-0.2, -0.15) is 9.37 Å². The number of hydrogen-bond acceptors (Lipinski definition) is 6. The molecule has 0 saturated heterocycles. The lowest BCUT2D eigenvalue weighted by atomic mass is 10.2. The van der Waals surface area contributed by atoms with E-state index in [0.717, 1.165) is 23.5 Å². The Morgan fingerprint density at radius 2 is 2.08 bits per heavy atom. The number of aromatic nitrogens is 4. The molecule has 0 aliphatic rings.